The summed E-state index contributed by atoms with van der Waals surface area (Å²) in [5, 5.41) is 24.6. The van der Waals surface area contributed by atoms with Crippen LogP contribution < -0.4 is 16.4 Å². The van der Waals surface area contributed by atoms with E-state index in [0.717, 1.165) is 0 Å². The maximum absolute atomic E-state index is 13.4. The molecule has 36 heavy (non-hydrogen) atoms. The van der Waals surface area contributed by atoms with Crippen molar-refractivity contribution >= 4 is 35.5 Å². The number of likely N-dealkylation sites (tertiary alicyclic amines) is 1. The number of amides is 3. The average molecular weight is 523 g/mol. The largest absolute Gasteiger partial charge is 0.508 e. The minimum absolute atomic E-state index is 0.0511. The van der Waals surface area contributed by atoms with Gasteiger partial charge in [0.2, 0.25) is 17.7 Å². The Morgan fingerprint density at radius 1 is 1.11 bits per heavy atom. The predicted octanol–water partition coefficient (Wildman–Crippen LogP) is 1.11. The average Bonchev–Trinajstić information content (AvgIpc) is 3.32. The number of carbonyl (C=O) groups is 4. The normalized spacial score (nSPS) is 17.9. The van der Waals surface area contributed by atoms with Gasteiger partial charge >= 0.3 is 5.97 Å². The molecule has 0 radical (unpaired) electrons. The van der Waals surface area contributed by atoms with Crippen LogP contribution >= 0.6 is 11.8 Å². The Labute approximate surface area is 216 Å². The Bertz CT molecular complexity index is 910. The predicted molar refractivity (Wildman–Crippen MR) is 138 cm³/mol. The molecule has 1 aromatic carbocycles. The highest BCUT2D eigenvalue weighted by Crippen LogP contribution is 2.21. The van der Waals surface area contributed by atoms with Crippen molar-refractivity contribution in [3.8, 4) is 5.75 Å². The van der Waals surface area contributed by atoms with Gasteiger partial charge in [0.15, 0.2) is 0 Å². The minimum Gasteiger partial charge on any atom is -0.508 e. The Morgan fingerprint density at radius 2 is 1.75 bits per heavy atom. The number of nitrogens with zero attached hydrogens (tertiary/aromatic N) is 1. The molecule has 0 bridgehead atoms. The number of thioether (sulfide) groups is 1. The van der Waals surface area contributed by atoms with Crippen molar-refractivity contribution in [2.24, 2.45) is 11.7 Å². The Hall–Kier alpha value is -2.79. The lowest BCUT2D eigenvalue weighted by Gasteiger charge is -2.30. The van der Waals surface area contributed by atoms with Crippen LogP contribution in [0.3, 0.4) is 0 Å². The number of carboxylic acid groups (broad SMARTS) is 1. The first-order valence-electron chi connectivity index (χ1n) is 12.2. The number of nitrogens with two attached hydrogens (primary N) is 1. The van der Waals surface area contributed by atoms with Crippen LogP contribution in [0.1, 0.15) is 45.1 Å². The van der Waals surface area contributed by atoms with Crippen LogP contribution in [0.25, 0.3) is 0 Å². The number of hydrogen-bond donors (Lipinski definition) is 5. The highest BCUT2D eigenvalue weighted by atomic mass is 32.2. The van der Waals surface area contributed by atoms with Gasteiger partial charge in [0.1, 0.15) is 23.9 Å². The van der Waals surface area contributed by atoms with Crippen LogP contribution in [0, 0.1) is 5.92 Å². The van der Waals surface area contributed by atoms with E-state index in [1.54, 1.807) is 23.9 Å². The summed E-state index contributed by atoms with van der Waals surface area (Å²) in [5.74, 6) is -1.71. The van der Waals surface area contributed by atoms with Gasteiger partial charge in [-0.2, -0.15) is 11.8 Å². The molecule has 1 fully saturated rings. The zero-order valence-corrected chi connectivity index (χ0v) is 21.9. The van der Waals surface area contributed by atoms with Crippen molar-refractivity contribution in [2.45, 2.75) is 70.1 Å². The van der Waals surface area contributed by atoms with Gasteiger partial charge in [-0.25, -0.2) is 4.79 Å². The highest BCUT2D eigenvalue weighted by molar-refractivity contribution is 7.98. The Balaban J connectivity index is 2.23. The standard InChI is InChI=1S/C25H38N4O6S/c1-15(2)13-20(24(33)29-11-4-5-21(29)25(34)35)28-23(32)19(14-16-6-8-17(30)9-7-16)27-22(31)18(26)10-12-36-3/h6-9,15,18-21,30H,4-5,10-14,26H2,1-3H3,(H,27,31)(H,28,32)(H,34,35). The lowest BCUT2D eigenvalue weighted by atomic mass is 10.00. The van der Waals surface area contributed by atoms with Gasteiger partial charge in [0.25, 0.3) is 0 Å². The second kappa shape index (κ2) is 14.1. The van der Waals surface area contributed by atoms with Gasteiger partial charge in [0, 0.05) is 13.0 Å². The van der Waals surface area contributed by atoms with Crippen molar-refractivity contribution < 1.29 is 29.4 Å². The van der Waals surface area contributed by atoms with E-state index in [1.165, 1.54) is 17.0 Å². The first kappa shape index (κ1) is 29.4. The first-order chi connectivity index (χ1) is 17.0. The van der Waals surface area contributed by atoms with Crippen molar-refractivity contribution in [1.82, 2.24) is 15.5 Å². The number of phenols is 1. The molecule has 6 N–H and O–H groups in total. The molecule has 1 saturated heterocycles. The molecular weight excluding hydrogens is 484 g/mol. The Kier molecular flexibility index (Phi) is 11.5. The molecule has 1 heterocycles. The number of nitrogens with one attached hydrogen (secondary N) is 2. The van der Waals surface area contributed by atoms with Gasteiger partial charge in [-0.15, -0.1) is 0 Å². The van der Waals surface area contributed by atoms with Gasteiger partial charge in [-0.1, -0.05) is 26.0 Å². The van der Waals surface area contributed by atoms with Gasteiger partial charge in [-0.3, -0.25) is 14.4 Å². The number of carbonyl (C=O) groups excluding carboxylic acids is 3. The van der Waals surface area contributed by atoms with Gasteiger partial charge < -0.3 is 31.5 Å². The molecule has 0 saturated carbocycles. The second-order valence-electron chi connectivity index (χ2n) is 9.54. The molecule has 11 heteroatoms. The molecule has 200 valence electrons. The molecule has 0 aliphatic carbocycles. The monoisotopic (exact) mass is 522 g/mol. The summed E-state index contributed by atoms with van der Waals surface area (Å²) < 4.78 is 0. The smallest absolute Gasteiger partial charge is 0.326 e. The molecule has 0 aromatic heterocycles. The third-order valence-corrected chi connectivity index (χ3v) is 6.77. The third kappa shape index (κ3) is 8.70. The number of hydrogen-bond acceptors (Lipinski definition) is 7. The number of aliphatic carboxylic acids is 1. The topological polar surface area (TPSA) is 162 Å². The second-order valence-corrected chi connectivity index (χ2v) is 10.5. The molecule has 1 aromatic rings. The number of benzene rings is 1. The maximum Gasteiger partial charge on any atom is 0.326 e. The van der Waals surface area contributed by atoms with E-state index < -0.39 is 47.9 Å². The number of aromatic hydroxyl groups is 1. The van der Waals surface area contributed by atoms with E-state index in [-0.39, 0.29) is 18.1 Å². The van der Waals surface area contributed by atoms with Crippen LogP contribution in [0.15, 0.2) is 24.3 Å². The van der Waals surface area contributed by atoms with Crippen molar-refractivity contribution in [1.29, 1.82) is 0 Å². The van der Waals surface area contributed by atoms with E-state index in [9.17, 15) is 29.4 Å². The van der Waals surface area contributed by atoms with Crippen molar-refractivity contribution in [3.63, 3.8) is 0 Å². The van der Waals surface area contributed by atoms with E-state index in [2.05, 4.69) is 10.6 Å². The lowest BCUT2D eigenvalue weighted by Crippen LogP contribution is -2.58. The first-order valence-corrected chi connectivity index (χ1v) is 13.6. The molecule has 2 rings (SSSR count). The zero-order chi connectivity index (χ0) is 26.8. The molecule has 10 nitrogen and oxygen atoms in total. The molecular formula is C25H38N4O6S. The summed E-state index contributed by atoms with van der Waals surface area (Å²) in [6, 6.07) is 2.62. The maximum atomic E-state index is 13.4. The fourth-order valence-corrected chi connectivity index (χ4v) is 4.67. The summed E-state index contributed by atoms with van der Waals surface area (Å²) in [4.78, 5) is 52.4. The molecule has 1 aliphatic heterocycles. The van der Waals surface area contributed by atoms with Gasteiger partial charge in [-0.05, 0) is 61.3 Å². The van der Waals surface area contributed by atoms with Crippen LogP contribution in [-0.2, 0) is 25.6 Å². The molecule has 4 atom stereocenters. The highest BCUT2D eigenvalue weighted by Gasteiger charge is 2.38. The van der Waals surface area contributed by atoms with Crippen molar-refractivity contribution in [3.05, 3.63) is 29.8 Å². The zero-order valence-electron chi connectivity index (χ0n) is 21.1. The fraction of sp³-hybridized carbons (Fsp3) is 0.600. The Morgan fingerprint density at radius 3 is 2.33 bits per heavy atom. The third-order valence-electron chi connectivity index (χ3n) is 6.12. The molecule has 1 aliphatic rings. The summed E-state index contributed by atoms with van der Waals surface area (Å²) in [6.45, 7) is 4.13. The quantitative estimate of drug-likeness (QED) is 0.257. The van der Waals surface area contributed by atoms with Crippen molar-refractivity contribution in [2.75, 3.05) is 18.6 Å². The van der Waals surface area contributed by atoms with Gasteiger partial charge in [0.05, 0.1) is 6.04 Å². The fourth-order valence-electron chi connectivity index (χ4n) is 4.18. The molecule has 0 spiro atoms. The molecule has 4 unspecified atom stereocenters. The summed E-state index contributed by atoms with van der Waals surface area (Å²) in [6.07, 6.45) is 3.75. The minimum atomic E-state index is -1.06. The van der Waals surface area contributed by atoms with Crippen LogP contribution in [-0.4, -0.2) is 81.5 Å². The molecule has 3 amide bonds. The SMILES string of the molecule is CSCCC(N)C(=O)NC(Cc1ccc(O)cc1)C(=O)NC(CC(C)C)C(=O)N1CCCC1C(=O)O. The van der Waals surface area contributed by atoms with E-state index >= 15 is 0 Å². The summed E-state index contributed by atoms with van der Waals surface area (Å²) in [7, 11) is 0. The lowest BCUT2D eigenvalue weighted by molar-refractivity contribution is -0.149. The van der Waals surface area contributed by atoms with Crippen LogP contribution in [0.4, 0.5) is 0 Å². The number of carboxylic acids is 1. The number of phenolic OH excluding ortho intramolecular Hbond substituents is 1. The summed E-state index contributed by atoms with van der Waals surface area (Å²) in [5.41, 5.74) is 6.70. The number of rotatable bonds is 13. The van der Waals surface area contributed by atoms with Crippen LogP contribution in [0.2, 0.25) is 0 Å². The van der Waals surface area contributed by atoms with E-state index in [0.29, 0.717) is 43.5 Å². The van der Waals surface area contributed by atoms with E-state index in [4.69, 9.17) is 5.73 Å². The van der Waals surface area contributed by atoms with Crippen LogP contribution in [0.5, 0.6) is 5.75 Å². The summed E-state index contributed by atoms with van der Waals surface area (Å²) >= 11 is 1.56. The van der Waals surface area contributed by atoms with E-state index in [1.807, 2.05) is 20.1 Å².